The third-order valence-electron chi connectivity index (χ3n) is 1.45. The van der Waals surface area contributed by atoms with E-state index >= 15 is 0 Å². The van der Waals surface area contributed by atoms with Gasteiger partial charge in [0, 0.05) is 13.1 Å². The monoisotopic (exact) mass is 128 g/mol. The van der Waals surface area contributed by atoms with Crippen LogP contribution in [0.5, 0.6) is 0 Å². The highest BCUT2D eigenvalue weighted by molar-refractivity contribution is 5.78. The molecule has 0 aromatic rings. The first kappa shape index (κ1) is 6.55. The van der Waals surface area contributed by atoms with Crippen molar-refractivity contribution in [3.8, 4) is 0 Å². The van der Waals surface area contributed by atoms with Crippen LogP contribution in [0.2, 0.25) is 0 Å². The molecule has 1 aliphatic heterocycles. The molecule has 3 nitrogen and oxygen atoms in total. The Morgan fingerprint density at radius 1 is 1.67 bits per heavy atom. The molecule has 0 unspecified atom stereocenters. The van der Waals surface area contributed by atoms with E-state index in [0.29, 0.717) is 6.54 Å². The summed E-state index contributed by atoms with van der Waals surface area (Å²) in [4.78, 5) is 12.8. The van der Waals surface area contributed by atoms with E-state index in [1.807, 2.05) is 11.9 Å². The predicted molar refractivity (Wildman–Crippen MR) is 35.1 cm³/mol. The number of likely N-dealkylation sites (N-methyl/N-ethyl adjacent to an activating group) is 1. The summed E-state index contributed by atoms with van der Waals surface area (Å²) in [6.45, 7) is 2.42. The number of hydrogen-bond acceptors (Lipinski definition) is 2. The van der Waals surface area contributed by atoms with Gasteiger partial charge in [0.1, 0.15) is 0 Å². The summed E-state index contributed by atoms with van der Waals surface area (Å²) in [7, 11) is 1.96. The maximum absolute atomic E-state index is 10.7. The van der Waals surface area contributed by atoms with Gasteiger partial charge in [0.05, 0.1) is 6.54 Å². The van der Waals surface area contributed by atoms with E-state index in [1.54, 1.807) is 0 Å². The van der Waals surface area contributed by atoms with Crippen molar-refractivity contribution in [2.24, 2.45) is 0 Å². The van der Waals surface area contributed by atoms with Crippen LogP contribution in [0.15, 0.2) is 0 Å². The molecule has 9 heavy (non-hydrogen) atoms. The minimum Gasteiger partial charge on any atom is -0.355 e. The molecule has 0 atom stereocenters. The molecule has 0 spiro atoms. The second-order valence-corrected chi connectivity index (χ2v) is 2.44. The van der Waals surface area contributed by atoms with Gasteiger partial charge in [-0.2, -0.15) is 0 Å². The average Bonchev–Trinajstić information content (AvgIpc) is 1.93. The number of amides is 1. The zero-order valence-corrected chi connectivity index (χ0v) is 5.68. The van der Waals surface area contributed by atoms with E-state index < -0.39 is 0 Å². The van der Waals surface area contributed by atoms with Crippen LogP contribution in [-0.2, 0) is 4.79 Å². The summed E-state index contributed by atoms with van der Waals surface area (Å²) in [6, 6.07) is 0. The zero-order valence-electron chi connectivity index (χ0n) is 5.68. The Kier molecular flexibility index (Phi) is 2.05. The summed E-state index contributed by atoms with van der Waals surface area (Å²) in [5.74, 6) is 0.148. The minimum absolute atomic E-state index is 0.148. The van der Waals surface area contributed by atoms with Crippen LogP contribution in [0.1, 0.15) is 6.42 Å². The summed E-state index contributed by atoms with van der Waals surface area (Å²) in [5, 5.41) is 2.79. The standard InChI is InChI=1S/C6H12N2O/c1-8-4-2-3-7-6(9)5-8/h2-5H2,1H3,(H,7,9). The molecule has 0 radical (unpaired) electrons. The van der Waals surface area contributed by atoms with Crippen molar-refractivity contribution in [1.82, 2.24) is 10.2 Å². The Hall–Kier alpha value is -0.570. The number of carbonyl (C=O) groups is 1. The smallest absolute Gasteiger partial charge is 0.234 e. The molecule has 1 aliphatic rings. The zero-order chi connectivity index (χ0) is 6.69. The Labute approximate surface area is 55.0 Å². The number of carbonyl (C=O) groups excluding carboxylic acids is 1. The topological polar surface area (TPSA) is 32.3 Å². The van der Waals surface area contributed by atoms with Crippen LogP contribution >= 0.6 is 0 Å². The van der Waals surface area contributed by atoms with Gasteiger partial charge in [-0.15, -0.1) is 0 Å². The van der Waals surface area contributed by atoms with Crippen LogP contribution in [0, 0.1) is 0 Å². The van der Waals surface area contributed by atoms with E-state index in [4.69, 9.17) is 0 Å². The number of rotatable bonds is 0. The lowest BCUT2D eigenvalue weighted by Gasteiger charge is -2.08. The summed E-state index contributed by atoms with van der Waals surface area (Å²) in [5.41, 5.74) is 0. The molecular formula is C6H12N2O. The molecule has 1 rings (SSSR count). The number of nitrogens with one attached hydrogen (secondary N) is 1. The summed E-state index contributed by atoms with van der Waals surface area (Å²) in [6.07, 6.45) is 1.07. The molecule has 52 valence electrons. The van der Waals surface area contributed by atoms with Crippen LogP contribution in [0.25, 0.3) is 0 Å². The first-order chi connectivity index (χ1) is 4.29. The summed E-state index contributed by atoms with van der Waals surface area (Å²) >= 11 is 0. The second-order valence-electron chi connectivity index (χ2n) is 2.44. The van der Waals surface area contributed by atoms with Gasteiger partial charge in [0.15, 0.2) is 0 Å². The SMILES string of the molecule is CN1CCCNC(=O)C1. The van der Waals surface area contributed by atoms with E-state index in [2.05, 4.69) is 5.32 Å². The first-order valence-corrected chi connectivity index (χ1v) is 3.24. The molecule has 1 saturated heterocycles. The molecule has 1 N–H and O–H groups in total. The van der Waals surface area contributed by atoms with Gasteiger partial charge in [-0.25, -0.2) is 0 Å². The molecule has 0 aromatic heterocycles. The second kappa shape index (κ2) is 2.82. The van der Waals surface area contributed by atoms with Crippen molar-refractivity contribution in [2.75, 3.05) is 26.7 Å². The van der Waals surface area contributed by atoms with Crippen LogP contribution in [0.3, 0.4) is 0 Å². The number of hydrogen-bond donors (Lipinski definition) is 1. The molecule has 3 heteroatoms. The number of nitrogens with zero attached hydrogens (tertiary/aromatic N) is 1. The highest BCUT2D eigenvalue weighted by Gasteiger charge is 2.08. The largest absolute Gasteiger partial charge is 0.355 e. The Morgan fingerprint density at radius 2 is 2.44 bits per heavy atom. The third-order valence-corrected chi connectivity index (χ3v) is 1.45. The predicted octanol–water partition coefficient (Wildman–Crippen LogP) is -0.562. The van der Waals surface area contributed by atoms with E-state index in [0.717, 1.165) is 19.5 Å². The average molecular weight is 128 g/mol. The molecule has 1 heterocycles. The van der Waals surface area contributed by atoms with Gasteiger partial charge in [-0.3, -0.25) is 9.69 Å². The molecule has 1 fully saturated rings. The fraction of sp³-hybridized carbons (Fsp3) is 0.833. The highest BCUT2D eigenvalue weighted by atomic mass is 16.2. The Bertz CT molecular complexity index is 114. The molecule has 1 amide bonds. The van der Waals surface area contributed by atoms with E-state index in [-0.39, 0.29) is 5.91 Å². The highest BCUT2D eigenvalue weighted by Crippen LogP contribution is 1.90. The van der Waals surface area contributed by atoms with Crippen molar-refractivity contribution in [1.29, 1.82) is 0 Å². The fourth-order valence-corrected chi connectivity index (χ4v) is 0.957. The van der Waals surface area contributed by atoms with Gasteiger partial charge in [0.2, 0.25) is 5.91 Å². The van der Waals surface area contributed by atoms with Gasteiger partial charge in [-0.05, 0) is 13.5 Å². The Morgan fingerprint density at radius 3 is 3.22 bits per heavy atom. The lowest BCUT2D eigenvalue weighted by Crippen LogP contribution is -2.30. The molecule has 0 saturated carbocycles. The van der Waals surface area contributed by atoms with Gasteiger partial charge >= 0.3 is 0 Å². The van der Waals surface area contributed by atoms with E-state index in [9.17, 15) is 4.79 Å². The van der Waals surface area contributed by atoms with Crippen molar-refractivity contribution < 1.29 is 4.79 Å². The molecule has 0 bridgehead atoms. The summed E-state index contributed by atoms with van der Waals surface area (Å²) < 4.78 is 0. The lowest BCUT2D eigenvalue weighted by molar-refractivity contribution is -0.121. The van der Waals surface area contributed by atoms with Crippen LogP contribution in [-0.4, -0.2) is 37.5 Å². The van der Waals surface area contributed by atoms with Gasteiger partial charge < -0.3 is 5.32 Å². The quantitative estimate of drug-likeness (QED) is 0.474. The molecule has 0 aliphatic carbocycles. The maximum atomic E-state index is 10.7. The molecular weight excluding hydrogens is 116 g/mol. The first-order valence-electron chi connectivity index (χ1n) is 3.24. The van der Waals surface area contributed by atoms with Crippen molar-refractivity contribution >= 4 is 5.91 Å². The maximum Gasteiger partial charge on any atom is 0.234 e. The van der Waals surface area contributed by atoms with Gasteiger partial charge in [0.25, 0.3) is 0 Å². The normalized spacial score (nSPS) is 23.0. The lowest BCUT2D eigenvalue weighted by atomic mass is 10.4. The van der Waals surface area contributed by atoms with E-state index in [1.165, 1.54) is 0 Å². The van der Waals surface area contributed by atoms with Gasteiger partial charge in [-0.1, -0.05) is 0 Å². The van der Waals surface area contributed by atoms with Crippen LogP contribution < -0.4 is 5.32 Å². The van der Waals surface area contributed by atoms with Crippen molar-refractivity contribution in [2.45, 2.75) is 6.42 Å². The Balaban J connectivity index is 2.37. The van der Waals surface area contributed by atoms with Crippen LogP contribution in [0.4, 0.5) is 0 Å². The molecule has 0 aromatic carbocycles. The van der Waals surface area contributed by atoms with Crippen molar-refractivity contribution in [3.63, 3.8) is 0 Å². The third kappa shape index (κ3) is 2.01. The van der Waals surface area contributed by atoms with Crippen molar-refractivity contribution in [3.05, 3.63) is 0 Å². The fourth-order valence-electron chi connectivity index (χ4n) is 0.957. The minimum atomic E-state index is 0.148.